The molecule has 5 rings (SSSR count). The number of rotatable bonds is 5. The van der Waals surface area contributed by atoms with Gasteiger partial charge in [0.05, 0.1) is 22.5 Å². The molecule has 1 saturated heterocycles. The number of fused-ring (bicyclic) bond motifs is 1. The van der Waals surface area contributed by atoms with Crippen molar-refractivity contribution in [3.63, 3.8) is 0 Å². The number of anilines is 2. The summed E-state index contributed by atoms with van der Waals surface area (Å²) in [6.45, 7) is 5.86. The van der Waals surface area contributed by atoms with Crippen molar-refractivity contribution in [3.05, 3.63) is 63.4 Å². The second kappa shape index (κ2) is 8.46. The predicted octanol–water partition coefficient (Wildman–Crippen LogP) is 4.88. The number of para-hydroxylation sites is 1. The molecule has 7 heteroatoms. The lowest BCUT2D eigenvalue weighted by Crippen LogP contribution is -2.58. The van der Waals surface area contributed by atoms with Crippen LogP contribution in [0.1, 0.15) is 66.6 Å². The number of carbonyl (C=O) groups is 1. The smallest absolute Gasteiger partial charge is 0.337 e. The maximum absolute atomic E-state index is 13.4. The van der Waals surface area contributed by atoms with Crippen LogP contribution < -0.4 is 15.8 Å². The van der Waals surface area contributed by atoms with E-state index in [1.807, 2.05) is 39.1 Å². The molecule has 1 atom stereocenters. The first-order valence-electron chi connectivity index (χ1n) is 12.1. The molecule has 1 aliphatic carbocycles. The highest BCUT2D eigenvalue weighted by atomic mass is 16.4. The number of aromatic carboxylic acids is 1. The van der Waals surface area contributed by atoms with Crippen LogP contribution in [-0.2, 0) is 7.05 Å². The van der Waals surface area contributed by atoms with Crippen molar-refractivity contribution in [2.45, 2.75) is 52.0 Å². The molecule has 7 nitrogen and oxygen atoms in total. The minimum atomic E-state index is -0.979. The van der Waals surface area contributed by atoms with E-state index < -0.39 is 5.97 Å². The standard InChI is InChI=1S/C27H32N4O3/c1-17-13-20(18(2)28-22-10-6-5-9-19(22)25(33)34)23-21(14-17)24(32)30(3)26(29-23)31-15-27(16-31)11-7-4-8-12-27/h5-6,9-10,13-14,18,28H,4,7-8,11-12,15-16H2,1-3H3,(H,33,34). The Balaban J connectivity index is 1.54. The molecule has 178 valence electrons. The first-order chi connectivity index (χ1) is 16.3. The Morgan fingerprint density at radius 3 is 2.56 bits per heavy atom. The monoisotopic (exact) mass is 460 g/mol. The lowest BCUT2D eigenvalue weighted by Gasteiger charge is -2.53. The van der Waals surface area contributed by atoms with Crippen molar-refractivity contribution < 1.29 is 9.90 Å². The number of nitrogens with one attached hydrogen (secondary N) is 1. The molecule has 1 spiro atoms. The molecular formula is C27H32N4O3. The van der Waals surface area contributed by atoms with Crippen LogP contribution in [0.4, 0.5) is 11.6 Å². The molecule has 1 saturated carbocycles. The van der Waals surface area contributed by atoms with E-state index in [9.17, 15) is 14.7 Å². The molecule has 1 unspecified atom stereocenters. The Bertz CT molecular complexity index is 1320. The van der Waals surface area contributed by atoms with E-state index in [0.29, 0.717) is 22.0 Å². The average Bonchev–Trinajstić information content (AvgIpc) is 2.80. The third-order valence-corrected chi connectivity index (χ3v) is 7.58. The van der Waals surface area contributed by atoms with E-state index >= 15 is 0 Å². The number of aromatic nitrogens is 2. The number of carboxylic acid groups (broad SMARTS) is 1. The van der Waals surface area contributed by atoms with Crippen molar-refractivity contribution in [2.24, 2.45) is 12.5 Å². The van der Waals surface area contributed by atoms with Crippen LogP contribution in [0.5, 0.6) is 0 Å². The van der Waals surface area contributed by atoms with E-state index in [1.165, 1.54) is 32.1 Å². The minimum Gasteiger partial charge on any atom is -0.478 e. The Morgan fingerprint density at radius 2 is 1.85 bits per heavy atom. The second-order valence-electron chi connectivity index (χ2n) is 10.2. The van der Waals surface area contributed by atoms with Gasteiger partial charge in [-0.1, -0.05) is 37.5 Å². The van der Waals surface area contributed by atoms with E-state index in [0.717, 1.165) is 30.2 Å². The molecule has 2 fully saturated rings. The molecule has 2 aromatic carbocycles. The van der Waals surface area contributed by atoms with E-state index in [2.05, 4.69) is 10.2 Å². The van der Waals surface area contributed by atoms with Crippen LogP contribution in [0.3, 0.4) is 0 Å². The molecular weight excluding hydrogens is 428 g/mol. The fourth-order valence-electron chi connectivity index (χ4n) is 5.78. The molecule has 2 aliphatic rings. The fraction of sp³-hybridized carbons (Fsp3) is 0.444. The molecule has 34 heavy (non-hydrogen) atoms. The number of hydrogen-bond donors (Lipinski definition) is 2. The minimum absolute atomic E-state index is 0.0484. The van der Waals surface area contributed by atoms with Gasteiger partial charge in [0.15, 0.2) is 0 Å². The van der Waals surface area contributed by atoms with Gasteiger partial charge in [-0.3, -0.25) is 9.36 Å². The van der Waals surface area contributed by atoms with Crippen molar-refractivity contribution in [3.8, 4) is 0 Å². The van der Waals surface area contributed by atoms with Gasteiger partial charge in [-0.15, -0.1) is 0 Å². The highest BCUT2D eigenvalue weighted by Gasteiger charge is 2.44. The van der Waals surface area contributed by atoms with Gasteiger partial charge in [-0.2, -0.15) is 0 Å². The summed E-state index contributed by atoms with van der Waals surface area (Å²) in [6.07, 6.45) is 6.44. The largest absolute Gasteiger partial charge is 0.478 e. The summed E-state index contributed by atoms with van der Waals surface area (Å²) < 4.78 is 1.68. The van der Waals surface area contributed by atoms with Crippen LogP contribution in [0.25, 0.3) is 10.9 Å². The molecule has 0 bridgehead atoms. The van der Waals surface area contributed by atoms with Gasteiger partial charge in [0.25, 0.3) is 5.56 Å². The van der Waals surface area contributed by atoms with Crippen molar-refractivity contribution in [1.82, 2.24) is 9.55 Å². The van der Waals surface area contributed by atoms with Crippen molar-refractivity contribution >= 4 is 28.5 Å². The molecule has 1 aromatic heterocycles. The normalized spacial score (nSPS) is 18.0. The third-order valence-electron chi connectivity index (χ3n) is 7.58. The summed E-state index contributed by atoms with van der Waals surface area (Å²) in [7, 11) is 1.81. The van der Waals surface area contributed by atoms with E-state index in [1.54, 1.807) is 22.8 Å². The number of hydrogen-bond acceptors (Lipinski definition) is 5. The zero-order valence-electron chi connectivity index (χ0n) is 20.1. The van der Waals surface area contributed by atoms with Gasteiger partial charge in [0.2, 0.25) is 5.95 Å². The molecule has 2 heterocycles. The summed E-state index contributed by atoms with van der Waals surface area (Å²) in [6, 6.07) is 10.6. The Labute approximate surface area is 199 Å². The van der Waals surface area contributed by atoms with Crippen LogP contribution in [0.2, 0.25) is 0 Å². The molecule has 0 amide bonds. The Hall–Kier alpha value is -3.35. The van der Waals surface area contributed by atoms with E-state index in [4.69, 9.17) is 4.98 Å². The summed E-state index contributed by atoms with van der Waals surface area (Å²) >= 11 is 0. The summed E-state index contributed by atoms with van der Waals surface area (Å²) in [5.74, 6) is -0.259. The maximum Gasteiger partial charge on any atom is 0.337 e. The number of benzene rings is 2. The zero-order chi connectivity index (χ0) is 24.0. The van der Waals surface area contributed by atoms with Crippen LogP contribution >= 0.6 is 0 Å². The first kappa shape index (κ1) is 22.4. The molecule has 3 aromatic rings. The first-order valence-corrected chi connectivity index (χ1v) is 12.1. The van der Waals surface area contributed by atoms with Crippen LogP contribution in [0.15, 0.2) is 41.2 Å². The van der Waals surface area contributed by atoms with Crippen LogP contribution in [-0.4, -0.2) is 33.7 Å². The Kier molecular flexibility index (Phi) is 5.58. The van der Waals surface area contributed by atoms with Crippen LogP contribution in [0, 0.1) is 12.3 Å². The predicted molar refractivity (Wildman–Crippen MR) is 135 cm³/mol. The highest BCUT2D eigenvalue weighted by molar-refractivity contribution is 5.94. The molecule has 1 aliphatic heterocycles. The van der Waals surface area contributed by atoms with Gasteiger partial charge < -0.3 is 15.3 Å². The lowest BCUT2D eigenvalue weighted by molar-refractivity contribution is 0.0698. The topological polar surface area (TPSA) is 87.5 Å². The lowest BCUT2D eigenvalue weighted by atomic mass is 9.69. The highest BCUT2D eigenvalue weighted by Crippen LogP contribution is 2.45. The third kappa shape index (κ3) is 3.83. The fourth-order valence-corrected chi connectivity index (χ4v) is 5.78. The summed E-state index contributed by atoms with van der Waals surface area (Å²) in [5.41, 5.74) is 3.64. The quantitative estimate of drug-likeness (QED) is 0.564. The second-order valence-corrected chi connectivity index (χ2v) is 10.2. The van der Waals surface area contributed by atoms with Crippen molar-refractivity contribution in [2.75, 3.05) is 23.3 Å². The van der Waals surface area contributed by atoms with Crippen molar-refractivity contribution in [1.29, 1.82) is 0 Å². The van der Waals surface area contributed by atoms with Gasteiger partial charge in [0, 0.05) is 36.8 Å². The SMILES string of the molecule is Cc1cc(C(C)Nc2ccccc2C(=O)O)c2nc(N3CC4(CCCCC4)C3)n(C)c(=O)c2c1. The average molecular weight is 461 g/mol. The molecule has 0 radical (unpaired) electrons. The zero-order valence-corrected chi connectivity index (χ0v) is 20.1. The summed E-state index contributed by atoms with van der Waals surface area (Å²) in [4.78, 5) is 32.3. The summed E-state index contributed by atoms with van der Waals surface area (Å²) in [5, 5.41) is 13.5. The van der Waals surface area contributed by atoms with Gasteiger partial charge in [0.1, 0.15) is 0 Å². The van der Waals surface area contributed by atoms with Gasteiger partial charge in [-0.25, -0.2) is 9.78 Å². The van der Waals surface area contributed by atoms with Gasteiger partial charge in [-0.05, 0) is 50.5 Å². The van der Waals surface area contributed by atoms with E-state index in [-0.39, 0.29) is 17.2 Å². The number of nitrogens with zero attached hydrogens (tertiary/aromatic N) is 3. The van der Waals surface area contributed by atoms with Gasteiger partial charge >= 0.3 is 5.97 Å². The maximum atomic E-state index is 13.4. The molecule has 2 N–H and O–H groups in total. The Morgan fingerprint density at radius 1 is 1.15 bits per heavy atom. The number of carboxylic acids is 1. The number of aryl methyl sites for hydroxylation is 1.